The van der Waals surface area contributed by atoms with Gasteiger partial charge in [-0.1, -0.05) is 0 Å². The van der Waals surface area contributed by atoms with Crippen molar-refractivity contribution in [3.05, 3.63) is 18.3 Å². The lowest BCUT2D eigenvalue weighted by atomic mass is 10.2. The van der Waals surface area contributed by atoms with Crippen LogP contribution in [0.15, 0.2) is 18.3 Å². The molecule has 5 nitrogen and oxygen atoms in total. The zero-order valence-corrected chi connectivity index (χ0v) is 9.73. The van der Waals surface area contributed by atoms with E-state index in [9.17, 15) is 0 Å². The average molecular weight is 231 g/mol. The number of benzene rings is 1. The molecule has 2 heterocycles. The van der Waals surface area contributed by atoms with Crippen molar-refractivity contribution in [2.24, 2.45) is 0 Å². The quantitative estimate of drug-likeness (QED) is 0.858. The van der Waals surface area contributed by atoms with Crippen molar-refractivity contribution in [2.75, 3.05) is 12.1 Å². The first-order chi connectivity index (χ1) is 8.24. The van der Waals surface area contributed by atoms with Gasteiger partial charge < -0.3 is 14.8 Å². The number of hydrogen-bond acceptors (Lipinski definition) is 5. The second kappa shape index (κ2) is 3.76. The van der Waals surface area contributed by atoms with Gasteiger partial charge in [0, 0.05) is 17.5 Å². The molecule has 3 rings (SSSR count). The number of ether oxygens (including phenoxy) is 2. The molecule has 2 aromatic rings. The van der Waals surface area contributed by atoms with Crippen LogP contribution >= 0.6 is 0 Å². The van der Waals surface area contributed by atoms with Gasteiger partial charge in [0.15, 0.2) is 11.5 Å². The maximum absolute atomic E-state index is 5.37. The van der Waals surface area contributed by atoms with E-state index >= 15 is 0 Å². The molecule has 1 aromatic carbocycles. The van der Waals surface area contributed by atoms with Gasteiger partial charge in [-0.3, -0.25) is 0 Å². The maximum atomic E-state index is 5.37. The van der Waals surface area contributed by atoms with Crippen LogP contribution in [0.4, 0.5) is 5.69 Å². The largest absolute Gasteiger partial charge is 0.454 e. The van der Waals surface area contributed by atoms with Gasteiger partial charge in [0.2, 0.25) is 6.79 Å². The standard InChI is InChI=1S/C12H13N3O2/c1-7(2)14-10-5-13-15-9-4-12-11(3-8(9)10)16-6-17-12/h3-5,7H,6H2,1-2H3,(H,14,15). The van der Waals surface area contributed by atoms with Crippen LogP contribution in [-0.2, 0) is 0 Å². The summed E-state index contributed by atoms with van der Waals surface area (Å²) in [6.45, 7) is 4.44. The van der Waals surface area contributed by atoms with Crippen molar-refractivity contribution in [1.82, 2.24) is 10.2 Å². The maximum Gasteiger partial charge on any atom is 0.231 e. The predicted octanol–water partition coefficient (Wildman–Crippen LogP) is 2.18. The van der Waals surface area contributed by atoms with E-state index in [1.54, 1.807) is 6.20 Å². The molecule has 0 fully saturated rings. The predicted molar refractivity (Wildman–Crippen MR) is 64.4 cm³/mol. The minimum atomic E-state index is 0.270. The molecule has 0 spiro atoms. The molecule has 5 heteroatoms. The van der Waals surface area contributed by atoms with Gasteiger partial charge in [-0.25, -0.2) is 0 Å². The Balaban J connectivity index is 2.17. The second-order valence-corrected chi connectivity index (χ2v) is 4.28. The third-order valence-corrected chi connectivity index (χ3v) is 2.58. The van der Waals surface area contributed by atoms with Crippen LogP contribution in [0.5, 0.6) is 11.5 Å². The van der Waals surface area contributed by atoms with E-state index in [4.69, 9.17) is 9.47 Å². The van der Waals surface area contributed by atoms with Crippen LogP contribution < -0.4 is 14.8 Å². The number of nitrogens with zero attached hydrogens (tertiary/aromatic N) is 2. The molecule has 0 saturated heterocycles. The lowest BCUT2D eigenvalue weighted by molar-refractivity contribution is 0.174. The Kier molecular flexibility index (Phi) is 2.24. The highest BCUT2D eigenvalue weighted by Gasteiger charge is 2.16. The SMILES string of the molecule is CC(C)Nc1cnnc2cc3c(cc12)OCO3. The number of hydrogen-bond donors (Lipinski definition) is 1. The fourth-order valence-electron chi connectivity index (χ4n) is 1.87. The van der Waals surface area contributed by atoms with Gasteiger partial charge in [0.1, 0.15) is 0 Å². The summed E-state index contributed by atoms with van der Waals surface area (Å²) in [4.78, 5) is 0. The Morgan fingerprint density at radius 2 is 2.00 bits per heavy atom. The molecule has 0 atom stereocenters. The average Bonchev–Trinajstić information content (AvgIpc) is 2.73. The van der Waals surface area contributed by atoms with Crippen LogP contribution in [0.2, 0.25) is 0 Å². The summed E-state index contributed by atoms with van der Waals surface area (Å²) in [5.41, 5.74) is 1.77. The summed E-state index contributed by atoms with van der Waals surface area (Å²) < 4.78 is 10.7. The van der Waals surface area contributed by atoms with Crippen LogP contribution in [0.3, 0.4) is 0 Å². The Hall–Kier alpha value is -2.04. The van der Waals surface area contributed by atoms with E-state index in [1.165, 1.54) is 0 Å². The van der Waals surface area contributed by atoms with Crippen LogP contribution in [0.1, 0.15) is 13.8 Å². The minimum absolute atomic E-state index is 0.270. The van der Waals surface area contributed by atoms with Crippen molar-refractivity contribution in [3.8, 4) is 11.5 Å². The van der Waals surface area contributed by atoms with Crippen LogP contribution in [0, 0.1) is 0 Å². The zero-order chi connectivity index (χ0) is 11.8. The molecule has 1 aliphatic rings. The molecule has 1 aliphatic heterocycles. The number of anilines is 1. The summed E-state index contributed by atoms with van der Waals surface area (Å²) in [6.07, 6.45) is 1.73. The highest BCUT2D eigenvalue weighted by atomic mass is 16.7. The Labute approximate surface area is 98.8 Å². The zero-order valence-electron chi connectivity index (χ0n) is 9.73. The summed E-state index contributed by atoms with van der Waals surface area (Å²) in [7, 11) is 0. The molecule has 1 N–H and O–H groups in total. The Morgan fingerprint density at radius 3 is 2.76 bits per heavy atom. The van der Waals surface area contributed by atoms with Gasteiger partial charge in [-0.05, 0) is 19.9 Å². The number of rotatable bonds is 2. The topological polar surface area (TPSA) is 56.3 Å². The number of fused-ring (bicyclic) bond motifs is 2. The molecule has 0 bridgehead atoms. The molecule has 0 unspecified atom stereocenters. The van der Waals surface area contributed by atoms with Crippen molar-refractivity contribution >= 4 is 16.6 Å². The van der Waals surface area contributed by atoms with Crippen LogP contribution in [0.25, 0.3) is 10.9 Å². The summed E-state index contributed by atoms with van der Waals surface area (Å²) in [5, 5.41) is 12.4. The normalized spacial score (nSPS) is 13.4. The van der Waals surface area contributed by atoms with Gasteiger partial charge in [0.05, 0.1) is 17.4 Å². The summed E-state index contributed by atoms with van der Waals surface area (Å²) in [6, 6.07) is 4.14. The molecule has 17 heavy (non-hydrogen) atoms. The highest BCUT2D eigenvalue weighted by molar-refractivity contribution is 5.93. The number of aromatic nitrogens is 2. The molecular formula is C12H13N3O2. The Morgan fingerprint density at radius 1 is 1.24 bits per heavy atom. The third kappa shape index (κ3) is 1.73. The minimum Gasteiger partial charge on any atom is -0.454 e. The second-order valence-electron chi connectivity index (χ2n) is 4.28. The van der Waals surface area contributed by atoms with Crippen molar-refractivity contribution in [3.63, 3.8) is 0 Å². The van der Waals surface area contributed by atoms with Crippen LogP contribution in [-0.4, -0.2) is 23.0 Å². The smallest absolute Gasteiger partial charge is 0.231 e. The van der Waals surface area contributed by atoms with Gasteiger partial charge >= 0.3 is 0 Å². The molecule has 1 aromatic heterocycles. The lowest BCUT2D eigenvalue weighted by Gasteiger charge is -2.11. The fraction of sp³-hybridized carbons (Fsp3) is 0.333. The van der Waals surface area contributed by atoms with Crippen molar-refractivity contribution < 1.29 is 9.47 Å². The molecule has 0 saturated carbocycles. The molecule has 88 valence electrons. The Bertz CT molecular complexity index is 569. The van der Waals surface area contributed by atoms with E-state index in [2.05, 4.69) is 29.4 Å². The molecular weight excluding hydrogens is 218 g/mol. The first kappa shape index (κ1) is 10.1. The number of nitrogens with one attached hydrogen (secondary N) is 1. The molecule has 0 radical (unpaired) electrons. The lowest BCUT2D eigenvalue weighted by Crippen LogP contribution is -2.10. The van der Waals surface area contributed by atoms with Crippen molar-refractivity contribution in [2.45, 2.75) is 19.9 Å². The monoisotopic (exact) mass is 231 g/mol. The fourth-order valence-corrected chi connectivity index (χ4v) is 1.87. The molecule has 0 aliphatic carbocycles. The van der Waals surface area contributed by atoms with Gasteiger partial charge in [-0.15, -0.1) is 0 Å². The first-order valence-electron chi connectivity index (χ1n) is 5.55. The van der Waals surface area contributed by atoms with E-state index < -0.39 is 0 Å². The molecule has 0 amide bonds. The first-order valence-corrected chi connectivity index (χ1v) is 5.55. The van der Waals surface area contributed by atoms with Gasteiger partial charge in [-0.2, -0.15) is 10.2 Å². The summed E-state index contributed by atoms with van der Waals surface area (Å²) in [5.74, 6) is 1.49. The third-order valence-electron chi connectivity index (χ3n) is 2.58. The van der Waals surface area contributed by atoms with E-state index in [1.807, 2.05) is 12.1 Å². The summed E-state index contributed by atoms with van der Waals surface area (Å²) >= 11 is 0. The van der Waals surface area contributed by atoms with E-state index in [-0.39, 0.29) is 6.79 Å². The van der Waals surface area contributed by atoms with Gasteiger partial charge in [0.25, 0.3) is 0 Å². The van der Waals surface area contributed by atoms with E-state index in [0.717, 1.165) is 28.1 Å². The van der Waals surface area contributed by atoms with E-state index in [0.29, 0.717) is 6.04 Å². The van der Waals surface area contributed by atoms with Crippen molar-refractivity contribution in [1.29, 1.82) is 0 Å². The highest BCUT2D eigenvalue weighted by Crippen LogP contribution is 2.37.